The average Bonchev–Trinajstić information content (AvgIpc) is 2.73. The van der Waals surface area contributed by atoms with Crippen LogP contribution in [0.1, 0.15) is 45.2 Å². The van der Waals surface area contributed by atoms with E-state index in [0.717, 1.165) is 25.1 Å². The van der Waals surface area contributed by atoms with Gasteiger partial charge in [0.05, 0.1) is 5.69 Å². The lowest BCUT2D eigenvalue weighted by Gasteiger charge is -2.43. The highest BCUT2D eigenvalue weighted by atomic mass is 16.2. The van der Waals surface area contributed by atoms with E-state index < -0.39 is 6.03 Å². The fourth-order valence-corrected chi connectivity index (χ4v) is 2.82. The van der Waals surface area contributed by atoms with Crippen LogP contribution in [0.5, 0.6) is 0 Å². The Hall–Kier alpha value is -1.85. The van der Waals surface area contributed by atoms with Gasteiger partial charge in [-0.05, 0) is 24.8 Å². The van der Waals surface area contributed by atoms with Crippen LogP contribution in [-0.4, -0.2) is 39.2 Å². The predicted octanol–water partition coefficient (Wildman–Crippen LogP) is 1.56. The zero-order valence-corrected chi connectivity index (χ0v) is 12.2. The number of hydrogen-bond donors (Lipinski definition) is 1. The van der Waals surface area contributed by atoms with Crippen LogP contribution >= 0.6 is 0 Å². The molecule has 0 unspecified atom stereocenters. The van der Waals surface area contributed by atoms with Crippen molar-refractivity contribution >= 4 is 11.9 Å². The molecule has 1 saturated carbocycles. The van der Waals surface area contributed by atoms with E-state index in [1.54, 1.807) is 13.1 Å². The molecule has 1 aromatic rings. The molecule has 0 saturated heterocycles. The van der Waals surface area contributed by atoms with E-state index in [0.29, 0.717) is 5.92 Å². The van der Waals surface area contributed by atoms with Crippen molar-refractivity contribution in [3.8, 4) is 0 Å². The maximum absolute atomic E-state index is 11.7. The van der Waals surface area contributed by atoms with Crippen LogP contribution in [0.4, 0.5) is 4.79 Å². The molecule has 1 heterocycles. The van der Waals surface area contributed by atoms with E-state index in [4.69, 9.17) is 5.73 Å². The molecular formula is C14H22N4O2. The predicted molar refractivity (Wildman–Crippen MR) is 75.2 cm³/mol. The van der Waals surface area contributed by atoms with Crippen LogP contribution in [0.15, 0.2) is 12.3 Å². The van der Waals surface area contributed by atoms with Gasteiger partial charge in [0.2, 0.25) is 5.91 Å². The van der Waals surface area contributed by atoms with Crippen molar-refractivity contribution in [2.45, 2.75) is 45.6 Å². The van der Waals surface area contributed by atoms with E-state index >= 15 is 0 Å². The molecular weight excluding hydrogens is 256 g/mol. The van der Waals surface area contributed by atoms with Crippen LogP contribution in [0.25, 0.3) is 0 Å². The molecule has 6 nitrogen and oxygen atoms in total. The Balaban J connectivity index is 2.01. The minimum Gasteiger partial charge on any atom is -0.350 e. The summed E-state index contributed by atoms with van der Waals surface area (Å²) < 4.78 is 1.25. The van der Waals surface area contributed by atoms with Gasteiger partial charge in [-0.25, -0.2) is 4.79 Å². The molecule has 2 amide bonds. The van der Waals surface area contributed by atoms with Crippen molar-refractivity contribution in [3.63, 3.8) is 0 Å². The number of hydrogen-bond acceptors (Lipinski definition) is 3. The standard InChI is InChI=1S/C14H22N4O2/c1-9(2)8-17(10(3)19)12-6-11(7-12)13-4-5-16-18(13)14(15)20/h4-5,9,11-12H,6-8H2,1-3H3,(H2,15,20). The summed E-state index contributed by atoms with van der Waals surface area (Å²) in [5.41, 5.74) is 6.13. The Morgan fingerprint density at radius 2 is 2.15 bits per heavy atom. The highest BCUT2D eigenvalue weighted by molar-refractivity contribution is 5.75. The molecule has 0 atom stereocenters. The molecule has 1 fully saturated rings. The van der Waals surface area contributed by atoms with Crippen molar-refractivity contribution in [2.75, 3.05) is 6.54 Å². The van der Waals surface area contributed by atoms with Gasteiger partial charge >= 0.3 is 6.03 Å². The fourth-order valence-electron chi connectivity index (χ4n) is 2.82. The number of primary amides is 1. The van der Waals surface area contributed by atoms with E-state index in [1.165, 1.54) is 4.68 Å². The van der Waals surface area contributed by atoms with Gasteiger partial charge in [0.1, 0.15) is 0 Å². The second-order valence-corrected chi connectivity index (χ2v) is 5.89. The van der Waals surface area contributed by atoms with Crippen molar-refractivity contribution in [1.82, 2.24) is 14.7 Å². The third-order valence-corrected chi connectivity index (χ3v) is 3.82. The van der Waals surface area contributed by atoms with E-state index in [9.17, 15) is 9.59 Å². The molecule has 2 N–H and O–H groups in total. The number of aromatic nitrogens is 2. The number of carbonyl (C=O) groups is 2. The first-order valence-electron chi connectivity index (χ1n) is 7.01. The number of carbonyl (C=O) groups excluding carboxylic acids is 2. The average molecular weight is 278 g/mol. The number of amides is 2. The van der Waals surface area contributed by atoms with E-state index in [2.05, 4.69) is 18.9 Å². The first-order valence-corrected chi connectivity index (χ1v) is 7.01. The third kappa shape index (κ3) is 2.84. The minimum atomic E-state index is -0.556. The summed E-state index contributed by atoms with van der Waals surface area (Å²) in [4.78, 5) is 24.9. The second-order valence-electron chi connectivity index (χ2n) is 5.89. The number of nitrogens with zero attached hydrogens (tertiary/aromatic N) is 3. The Morgan fingerprint density at radius 1 is 1.50 bits per heavy atom. The van der Waals surface area contributed by atoms with Crippen LogP contribution < -0.4 is 5.73 Å². The summed E-state index contributed by atoms with van der Waals surface area (Å²) in [7, 11) is 0. The van der Waals surface area contributed by atoms with Gasteiger partial charge in [-0.3, -0.25) is 4.79 Å². The Kier molecular flexibility index (Phi) is 4.11. The topological polar surface area (TPSA) is 81.2 Å². The van der Waals surface area contributed by atoms with Gasteiger partial charge in [0.15, 0.2) is 0 Å². The summed E-state index contributed by atoms with van der Waals surface area (Å²) in [5, 5.41) is 3.93. The molecule has 1 aliphatic carbocycles. The summed E-state index contributed by atoms with van der Waals surface area (Å²) in [6, 6.07) is 1.53. The fraction of sp³-hybridized carbons (Fsp3) is 0.643. The van der Waals surface area contributed by atoms with Gasteiger partial charge < -0.3 is 10.6 Å². The summed E-state index contributed by atoms with van der Waals surface area (Å²) in [6.45, 7) is 6.60. The van der Waals surface area contributed by atoms with Crippen LogP contribution in [0, 0.1) is 5.92 Å². The Bertz CT molecular complexity index is 503. The van der Waals surface area contributed by atoms with Crippen molar-refractivity contribution in [2.24, 2.45) is 11.7 Å². The number of nitrogens with two attached hydrogens (primary N) is 1. The van der Waals surface area contributed by atoms with Gasteiger partial charge in [-0.15, -0.1) is 0 Å². The van der Waals surface area contributed by atoms with Gasteiger partial charge in [0, 0.05) is 31.6 Å². The first kappa shape index (κ1) is 14.6. The molecule has 0 aromatic carbocycles. The zero-order chi connectivity index (χ0) is 14.9. The van der Waals surface area contributed by atoms with Crippen LogP contribution in [0.3, 0.4) is 0 Å². The van der Waals surface area contributed by atoms with E-state index in [-0.39, 0.29) is 17.9 Å². The van der Waals surface area contributed by atoms with Gasteiger partial charge in [-0.1, -0.05) is 13.8 Å². The zero-order valence-electron chi connectivity index (χ0n) is 12.2. The van der Waals surface area contributed by atoms with Gasteiger partial charge in [0.25, 0.3) is 0 Å². The maximum atomic E-state index is 11.7. The highest BCUT2D eigenvalue weighted by Crippen LogP contribution is 2.39. The van der Waals surface area contributed by atoms with Crippen molar-refractivity contribution in [1.29, 1.82) is 0 Å². The summed E-state index contributed by atoms with van der Waals surface area (Å²) in [5.74, 6) is 0.823. The Labute approximate surface area is 118 Å². The summed E-state index contributed by atoms with van der Waals surface area (Å²) >= 11 is 0. The monoisotopic (exact) mass is 278 g/mol. The lowest BCUT2D eigenvalue weighted by molar-refractivity contribution is -0.133. The Morgan fingerprint density at radius 3 is 2.65 bits per heavy atom. The quantitative estimate of drug-likeness (QED) is 0.907. The molecule has 0 bridgehead atoms. The smallest absolute Gasteiger partial charge is 0.339 e. The summed E-state index contributed by atoms with van der Waals surface area (Å²) in [6.07, 6.45) is 3.32. The highest BCUT2D eigenvalue weighted by Gasteiger charge is 2.37. The molecule has 2 rings (SSSR count). The molecule has 0 aliphatic heterocycles. The maximum Gasteiger partial charge on any atom is 0.339 e. The normalized spacial score (nSPS) is 21.6. The SMILES string of the molecule is CC(=O)N(CC(C)C)C1CC(c2ccnn2C(N)=O)C1. The van der Waals surface area contributed by atoms with Crippen LogP contribution in [-0.2, 0) is 4.79 Å². The van der Waals surface area contributed by atoms with Crippen LogP contribution in [0.2, 0.25) is 0 Å². The lowest BCUT2D eigenvalue weighted by Crippen LogP contribution is -2.48. The first-order chi connectivity index (χ1) is 9.40. The van der Waals surface area contributed by atoms with Crippen molar-refractivity contribution < 1.29 is 9.59 Å². The number of rotatable bonds is 4. The molecule has 20 heavy (non-hydrogen) atoms. The molecule has 1 aliphatic rings. The molecule has 0 radical (unpaired) electrons. The van der Waals surface area contributed by atoms with Gasteiger partial charge in [-0.2, -0.15) is 9.78 Å². The van der Waals surface area contributed by atoms with Crippen molar-refractivity contribution in [3.05, 3.63) is 18.0 Å². The second kappa shape index (κ2) is 5.64. The molecule has 110 valence electrons. The molecule has 6 heteroatoms. The largest absolute Gasteiger partial charge is 0.350 e. The lowest BCUT2D eigenvalue weighted by atomic mass is 9.77. The molecule has 0 spiro atoms. The van der Waals surface area contributed by atoms with E-state index in [1.807, 2.05) is 11.0 Å². The minimum absolute atomic E-state index is 0.116. The third-order valence-electron chi connectivity index (χ3n) is 3.82. The molecule has 1 aromatic heterocycles.